The summed E-state index contributed by atoms with van der Waals surface area (Å²) in [6.45, 7) is 11.9. The molecule has 0 radical (unpaired) electrons. The van der Waals surface area contributed by atoms with Gasteiger partial charge in [0.15, 0.2) is 5.75 Å². The van der Waals surface area contributed by atoms with Gasteiger partial charge in [0, 0.05) is 37.8 Å². The summed E-state index contributed by atoms with van der Waals surface area (Å²) in [5.74, 6) is -0.273. The van der Waals surface area contributed by atoms with Gasteiger partial charge in [-0.3, -0.25) is 4.79 Å². The van der Waals surface area contributed by atoms with E-state index in [2.05, 4.69) is 21.3 Å². The molecule has 13 heteroatoms. The number of anilines is 2. The first-order valence-electron chi connectivity index (χ1n) is 12.5. The zero-order valence-corrected chi connectivity index (χ0v) is 23.0. The Morgan fingerprint density at radius 1 is 1.28 bits per heavy atom. The number of nitrogens with zero attached hydrogens (tertiary/aromatic N) is 5. The van der Waals surface area contributed by atoms with Crippen molar-refractivity contribution in [3.63, 3.8) is 0 Å². The standard InChI is InChI=1S/C19H24F3N5O3.C7H13NO/c1-11(9-26(2)3)29-18-24-14-10-27(7-6-13(14)17(23)25-18)15-8-12(28)4-5-16(15)30-19(20,21)22;1-4-7(9)8(5-2)6-3/h4-5,8,11,28H,6-7,9-10H2,1-3H3,(H2,23,24,25);4H,1,5-6H2,2-3H3/t11-;/m1./s1. The van der Waals surface area contributed by atoms with E-state index in [0.717, 1.165) is 30.8 Å². The number of rotatable bonds is 9. The van der Waals surface area contributed by atoms with Gasteiger partial charge in [-0.25, -0.2) is 0 Å². The summed E-state index contributed by atoms with van der Waals surface area (Å²) >= 11 is 0. The molecule has 0 saturated carbocycles. The number of aromatic hydroxyl groups is 1. The minimum absolute atomic E-state index is 0.0139. The molecule has 0 spiro atoms. The number of nitrogen functional groups attached to an aromatic ring is 1. The number of hydrogen-bond donors (Lipinski definition) is 2. The van der Waals surface area contributed by atoms with Crippen molar-refractivity contribution in [3.05, 3.63) is 42.1 Å². The van der Waals surface area contributed by atoms with E-state index in [9.17, 15) is 23.1 Å². The van der Waals surface area contributed by atoms with Crippen LogP contribution in [0.4, 0.5) is 24.7 Å². The Bertz CT molecular complexity index is 1130. The van der Waals surface area contributed by atoms with Crippen molar-refractivity contribution in [1.82, 2.24) is 19.8 Å². The maximum atomic E-state index is 12.8. The SMILES string of the molecule is C=CC(=O)N(CC)CC.C[C@H](CN(C)C)Oc1nc(N)c2c(n1)CN(c1cc(O)ccc1OC(F)(F)F)CC2. The van der Waals surface area contributed by atoms with Crippen LogP contribution in [0.3, 0.4) is 0 Å². The first-order valence-corrected chi connectivity index (χ1v) is 12.5. The zero-order chi connectivity index (χ0) is 29.3. The topological polar surface area (TPSA) is 117 Å². The fourth-order valence-corrected chi connectivity index (χ4v) is 4.05. The average Bonchev–Trinajstić information content (AvgIpc) is 2.84. The third-order valence-electron chi connectivity index (χ3n) is 5.76. The van der Waals surface area contributed by atoms with E-state index in [1.807, 2.05) is 39.8 Å². The van der Waals surface area contributed by atoms with Crippen molar-refractivity contribution >= 4 is 17.4 Å². The predicted molar refractivity (Wildman–Crippen MR) is 143 cm³/mol. The lowest BCUT2D eigenvalue weighted by molar-refractivity contribution is -0.274. The van der Waals surface area contributed by atoms with Crippen LogP contribution in [0.25, 0.3) is 0 Å². The minimum atomic E-state index is -4.85. The van der Waals surface area contributed by atoms with Gasteiger partial charge in [0.2, 0.25) is 5.91 Å². The van der Waals surface area contributed by atoms with Gasteiger partial charge in [-0.2, -0.15) is 9.97 Å². The Labute approximate surface area is 226 Å². The van der Waals surface area contributed by atoms with Crippen LogP contribution in [0.1, 0.15) is 32.0 Å². The molecule has 3 N–H and O–H groups in total. The van der Waals surface area contributed by atoms with E-state index in [1.165, 1.54) is 12.1 Å². The number of carbonyl (C=O) groups is 1. The summed E-state index contributed by atoms with van der Waals surface area (Å²) in [5.41, 5.74) is 7.47. The van der Waals surface area contributed by atoms with Gasteiger partial charge >= 0.3 is 12.4 Å². The lowest BCUT2D eigenvalue weighted by atomic mass is 10.0. The largest absolute Gasteiger partial charge is 0.573 e. The Morgan fingerprint density at radius 2 is 1.95 bits per heavy atom. The number of halogens is 3. The molecular weight excluding hydrogens is 517 g/mol. The number of benzene rings is 1. The van der Waals surface area contributed by atoms with Crippen molar-refractivity contribution in [2.75, 3.05) is 50.9 Å². The van der Waals surface area contributed by atoms with E-state index in [4.69, 9.17) is 10.5 Å². The highest BCUT2D eigenvalue weighted by atomic mass is 19.4. The fourth-order valence-electron chi connectivity index (χ4n) is 4.05. The molecule has 1 aliphatic rings. The number of phenols is 1. The summed E-state index contributed by atoms with van der Waals surface area (Å²) < 4.78 is 48.2. The van der Waals surface area contributed by atoms with Gasteiger partial charge in [-0.1, -0.05) is 6.58 Å². The summed E-state index contributed by atoms with van der Waals surface area (Å²) in [4.78, 5) is 24.7. The number of phenolic OH excluding ortho intramolecular Hbond substituents is 1. The molecular formula is C26H37F3N6O4. The maximum absolute atomic E-state index is 12.8. The molecule has 39 heavy (non-hydrogen) atoms. The van der Waals surface area contributed by atoms with E-state index >= 15 is 0 Å². The number of carbonyl (C=O) groups excluding carboxylic acids is 1. The molecule has 1 aliphatic heterocycles. The second-order valence-corrected chi connectivity index (χ2v) is 9.09. The van der Waals surface area contributed by atoms with Crippen LogP contribution in [-0.4, -0.2) is 83.5 Å². The highest BCUT2D eigenvalue weighted by Crippen LogP contribution is 2.38. The Balaban J connectivity index is 0.000000510. The number of hydrogen-bond acceptors (Lipinski definition) is 9. The predicted octanol–water partition coefficient (Wildman–Crippen LogP) is 3.60. The van der Waals surface area contributed by atoms with E-state index in [1.54, 1.807) is 9.80 Å². The molecule has 1 amide bonds. The van der Waals surface area contributed by atoms with Crippen LogP contribution in [0.5, 0.6) is 17.5 Å². The zero-order valence-electron chi connectivity index (χ0n) is 23.0. The molecule has 2 aromatic rings. The maximum Gasteiger partial charge on any atom is 0.573 e. The smallest absolute Gasteiger partial charge is 0.508 e. The Hall–Kier alpha value is -3.74. The first-order chi connectivity index (χ1) is 18.3. The van der Waals surface area contributed by atoms with Crippen molar-refractivity contribution < 1.29 is 32.5 Å². The van der Waals surface area contributed by atoms with Gasteiger partial charge in [-0.15, -0.1) is 13.2 Å². The van der Waals surface area contributed by atoms with Gasteiger partial charge in [0.1, 0.15) is 17.7 Å². The molecule has 1 aromatic carbocycles. The molecule has 216 valence electrons. The van der Waals surface area contributed by atoms with Gasteiger partial charge in [0.05, 0.1) is 17.9 Å². The number of aromatic nitrogens is 2. The van der Waals surface area contributed by atoms with E-state index in [0.29, 0.717) is 25.2 Å². The van der Waals surface area contributed by atoms with Crippen LogP contribution < -0.4 is 20.1 Å². The third-order valence-corrected chi connectivity index (χ3v) is 5.76. The monoisotopic (exact) mass is 554 g/mol. The van der Waals surface area contributed by atoms with E-state index < -0.39 is 12.1 Å². The molecule has 0 saturated heterocycles. The second-order valence-electron chi connectivity index (χ2n) is 9.09. The number of amides is 1. The molecule has 2 heterocycles. The minimum Gasteiger partial charge on any atom is -0.508 e. The fraction of sp³-hybridized carbons (Fsp3) is 0.500. The summed E-state index contributed by atoms with van der Waals surface area (Å²) in [6.07, 6.45) is -3.27. The van der Waals surface area contributed by atoms with Gasteiger partial charge in [-0.05, 0) is 59.5 Å². The number of ether oxygens (including phenoxy) is 2. The third kappa shape index (κ3) is 9.50. The average molecular weight is 555 g/mol. The number of nitrogens with two attached hydrogens (primary N) is 1. The lowest BCUT2D eigenvalue weighted by Gasteiger charge is -2.32. The van der Waals surface area contributed by atoms with Gasteiger partial charge < -0.3 is 35.0 Å². The molecule has 3 rings (SSSR count). The molecule has 10 nitrogen and oxygen atoms in total. The van der Waals surface area contributed by atoms with Crippen molar-refractivity contribution in [1.29, 1.82) is 0 Å². The lowest BCUT2D eigenvalue weighted by Crippen LogP contribution is -2.33. The van der Waals surface area contributed by atoms with Crippen LogP contribution in [0.15, 0.2) is 30.9 Å². The summed E-state index contributed by atoms with van der Waals surface area (Å²) in [5, 5.41) is 9.79. The second kappa shape index (κ2) is 13.9. The quantitative estimate of drug-likeness (QED) is 0.449. The van der Waals surface area contributed by atoms with Crippen molar-refractivity contribution in [3.8, 4) is 17.5 Å². The Kier molecular flexibility index (Phi) is 11.2. The van der Waals surface area contributed by atoms with Crippen LogP contribution in [0.2, 0.25) is 0 Å². The van der Waals surface area contributed by atoms with Crippen LogP contribution in [-0.2, 0) is 17.8 Å². The number of likely N-dealkylation sites (N-methyl/N-ethyl adjacent to an activating group) is 2. The number of fused-ring (bicyclic) bond motifs is 1. The molecule has 0 bridgehead atoms. The van der Waals surface area contributed by atoms with E-state index in [-0.39, 0.29) is 41.8 Å². The van der Waals surface area contributed by atoms with Gasteiger partial charge in [0.25, 0.3) is 0 Å². The normalized spacial score (nSPS) is 13.6. The molecule has 1 aromatic heterocycles. The molecule has 1 atom stereocenters. The highest BCUT2D eigenvalue weighted by molar-refractivity contribution is 5.86. The first kappa shape index (κ1) is 31.5. The summed E-state index contributed by atoms with van der Waals surface area (Å²) in [6, 6.07) is 3.57. The molecule has 0 aliphatic carbocycles. The van der Waals surface area contributed by atoms with Crippen molar-refractivity contribution in [2.24, 2.45) is 0 Å². The number of alkyl halides is 3. The summed E-state index contributed by atoms with van der Waals surface area (Å²) in [7, 11) is 3.82. The van der Waals surface area contributed by atoms with Crippen molar-refractivity contribution in [2.45, 2.75) is 46.2 Å². The Morgan fingerprint density at radius 3 is 2.49 bits per heavy atom. The van der Waals surface area contributed by atoms with Crippen LogP contribution >= 0.6 is 0 Å². The molecule has 0 fully saturated rings. The highest BCUT2D eigenvalue weighted by Gasteiger charge is 2.34. The molecule has 0 unspecified atom stereocenters. The van der Waals surface area contributed by atoms with Crippen LogP contribution in [0, 0.1) is 0 Å².